The van der Waals surface area contributed by atoms with Gasteiger partial charge in [-0.1, -0.05) is 60.7 Å². The summed E-state index contributed by atoms with van der Waals surface area (Å²) < 4.78 is 5.43. The van der Waals surface area contributed by atoms with Crippen LogP contribution < -0.4 is 5.32 Å². The smallest absolute Gasteiger partial charge is 0.313 e. The Hall–Kier alpha value is -2.46. The molecule has 0 heterocycles. The first-order valence-electron chi connectivity index (χ1n) is 9.83. The van der Waals surface area contributed by atoms with Crippen molar-refractivity contribution in [3.05, 3.63) is 71.8 Å². The van der Waals surface area contributed by atoms with Crippen molar-refractivity contribution in [1.29, 1.82) is 0 Å². The third kappa shape index (κ3) is 6.61. The Kier molecular flexibility index (Phi) is 7.94. The van der Waals surface area contributed by atoms with Gasteiger partial charge in [0.15, 0.2) is 0 Å². The van der Waals surface area contributed by atoms with Crippen molar-refractivity contribution in [2.45, 2.75) is 58.1 Å². The number of nitrogens with one attached hydrogen (secondary N) is 1. The monoisotopic (exact) mass is 381 g/mol. The first-order chi connectivity index (χ1) is 13.3. The summed E-state index contributed by atoms with van der Waals surface area (Å²) in [6.07, 6.45) is 0.405. The molecule has 0 fully saturated rings. The van der Waals surface area contributed by atoms with Crippen molar-refractivity contribution < 1.29 is 14.3 Å². The van der Waals surface area contributed by atoms with Crippen molar-refractivity contribution in [2.75, 3.05) is 6.54 Å². The summed E-state index contributed by atoms with van der Waals surface area (Å²) in [5, 5.41) is 3.53. The molecule has 28 heavy (non-hydrogen) atoms. The maximum absolute atomic E-state index is 11.8. The Labute approximate surface area is 168 Å². The first kappa shape index (κ1) is 21.8. The molecule has 0 radical (unpaired) electrons. The van der Waals surface area contributed by atoms with E-state index in [9.17, 15) is 9.59 Å². The molecule has 0 aliphatic heterocycles. The molecule has 1 atom stereocenters. The van der Waals surface area contributed by atoms with Crippen molar-refractivity contribution in [3.63, 3.8) is 0 Å². The summed E-state index contributed by atoms with van der Waals surface area (Å²) in [7, 11) is 0. The van der Waals surface area contributed by atoms with Gasteiger partial charge in [0.05, 0.1) is 0 Å². The summed E-state index contributed by atoms with van der Waals surface area (Å²) in [5.74, 6) is -0.362. The van der Waals surface area contributed by atoms with Gasteiger partial charge < -0.3 is 10.1 Å². The van der Waals surface area contributed by atoms with Crippen LogP contribution in [-0.2, 0) is 14.3 Å². The first-order valence-corrected chi connectivity index (χ1v) is 9.83. The lowest BCUT2D eigenvalue weighted by Crippen LogP contribution is -2.50. The number of hydrogen-bond donors (Lipinski definition) is 1. The van der Waals surface area contributed by atoms with Gasteiger partial charge in [0.25, 0.3) is 0 Å². The molecule has 0 aliphatic rings. The molecule has 1 N–H and O–H groups in total. The second-order valence-corrected chi connectivity index (χ2v) is 7.82. The minimum atomic E-state index is -0.471. The van der Waals surface area contributed by atoms with Crippen LogP contribution in [0.1, 0.15) is 57.6 Å². The summed E-state index contributed by atoms with van der Waals surface area (Å²) in [6.45, 7) is 8.05. The third-order valence-electron chi connectivity index (χ3n) is 5.14. The highest BCUT2D eigenvalue weighted by molar-refractivity contribution is 5.94. The van der Waals surface area contributed by atoms with Crippen molar-refractivity contribution >= 4 is 11.8 Å². The molecule has 0 saturated heterocycles. The molecule has 2 aromatic rings. The number of esters is 1. The van der Waals surface area contributed by atoms with Gasteiger partial charge in [0.1, 0.15) is 18.3 Å². The van der Waals surface area contributed by atoms with Crippen molar-refractivity contribution in [2.24, 2.45) is 0 Å². The molecule has 4 nitrogen and oxygen atoms in total. The lowest BCUT2D eigenvalue weighted by atomic mass is 9.88. The minimum absolute atomic E-state index is 0.176. The number of ether oxygens (including phenoxy) is 1. The average Bonchev–Trinajstić information content (AvgIpc) is 2.66. The van der Waals surface area contributed by atoms with Gasteiger partial charge in [0, 0.05) is 11.5 Å². The Morgan fingerprint density at radius 3 is 1.93 bits per heavy atom. The summed E-state index contributed by atoms with van der Waals surface area (Å²) in [6, 6.07) is 21.0. The fraction of sp³-hybridized carbons (Fsp3) is 0.417. The molecule has 0 bridgehead atoms. The average molecular weight is 382 g/mol. The van der Waals surface area contributed by atoms with E-state index in [0.717, 1.165) is 13.0 Å². The number of carbonyl (C=O) groups excluding carboxylic acids is 2. The van der Waals surface area contributed by atoms with Gasteiger partial charge >= 0.3 is 5.97 Å². The molecule has 0 spiro atoms. The van der Waals surface area contributed by atoms with E-state index in [1.165, 1.54) is 18.1 Å². The Balaban J connectivity index is 1.99. The van der Waals surface area contributed by atoms with Crippen LogP contribution in [0.2, 0.25) is 0 Å². The standard InChI is InChI=1S/C24H31NO3/c1-18(26)17-23(27)28-19(2)24(3,4)25-16-15-22(20-11-7-5-8-12-20)21-13-9-6-10-14-21/h5-14,19,22,25H,15-17H2,1-4H3. The van der Waals surface area contributed by atoms with E-state index < -0.39 is 11.5 Å². The molecule has 2 aromatic carbocycles. The highest BCUT2D eigenvalue weighted by atomic mass is 16.5. The lowest BCUT2D eigenvalue weighted by molar-refractivity contribution is -0.153. The van der Waals surface area contributed by atoms with Crippen LogP contribution >= 0.6 is 0 Å². The van der Waals surface area contributed by atoms with Gasteiger partial charge in [-0.3, -0.25) is 9.59 Å². The minimum Gasteiger partial charge on any atom is -0.460 e. The quantitative estimate of drug-likeness (QED) is 0.487. The van der Waals surface area contributed by atoms with Gasteiger partial charge in [-0.25, -0.2) is 0 Å². The largest absolute Gasteiger partial charge is 0.460 e. The van der Waals surface area contributed by atoms with E-state index in [2.05, 4.69) is 53.8 Å². The normalized spacial score (nSPS) is 12.6. The van der Waals surface area contributed by atoms with Gasteiger partial charge in [-0.15, -0.1) is 0 Å². The fourth-order valence-corrected chi connectivity index (χ4v) is 3.17. The van der Waals surface area contributed by atoms with Crippen LogP contribution in [-0.4, -0.2) is 29.9 Å². The Bertz CT molecular complexity index is 716. The number of rotatable bonds is 10. The second-order valence-electron chi connectivity index (χ2n) is 7.82. The number of benzene rings is 2. The molecule has 0 aromatic heterocycles. The van der Waals surface area contributed by atoms with E-state index in [4.69, 9.17) is 4.74 Å². The zero-order valence-corrected chi connectivity index (χ0v) is 17.3. The molecule has 150 valence electrons. The molecule has 0 saturated carbocycles. The number of hydrogen-bond acceptors (Lipinski definition) is 4. The topological polar surface area (TPSA) is 55.4 Å². The van der Waals surface area contributed by atoms with Crippen LogP contribution in [0.3, 0.4) is 0 Å². The number of ketones is 1. The molecule has 2 rings (SSSR count). The molecule has 1 unspecified atom stereocenters. The Morgan fingerprint density at radius 2 is 1.46 bits per heavy atom. The molecular weight excluding hydrogens is 350 g/mol. The van der Waals surface area contributed by atoms with E-state index in [0.29, 0.717) is 5.92 Å². The van der Waals surface area contributed by atoms with Gasteiger partial charge in [0.2, 0.25) is 0 Å². The van der Waals surface area contributed by atoms with Crippen molar-refractivity contribution in [3.8, 4) is 0 Å². The maximum atomic E-state index is 11.8. The summed E-state index contributed by atoms with van der Waals surface area (Å²) in [4.78, 5) is 22.9. The predicted molar refractivity (Wildman–Crippen MR) is 112 cm³/mol. The van der Waals surface area contributed by atoms with Crippen LogP contribution in [0.25, 0.3) is 0 Å². The zero-order chi connectivity index (χ0) is 20.6. The summed E-state index contributed by atoms with van der Waals surface area (Å²) >= 11 is 0. The SMILES string of the molecule is CC(=O)CC(=O)OC(C)C(C)(C)NCCC(c1ccccc1)c1ccccc1. The number of Topliss-reactive ketones (excluding diaryl/α,β-unsaturated/α-hetero) is 1. The van der Waals surface area contributed by atoms with Crippen LogP contribution in [0, 0.1) is 0 Å². The predicted octanol–water partition coefficient (Wildman–Crippen LogP) is 4.49. The number of carbonyl (C=O) groups is 2. The van der Waals surface area contributed by atoms with E-state index >= 15 is 0 Å². The van der Waals surface area contributed by atoms with Gasteiger partial charge in [-0.05, 0) is 51.8 Å². The van der Waals surface area contributed by atoms with E-state index in [-0.39, 0.29) is 18.3 Å². The highest BCUT2D eigenvalue weighted by Gasteiger charge is 2.29. The molecule has 4 heteroatoms. The summed E-state index contributed by atoms with van der Waals surface area (Å²) in [5.41, 5.74) is 2.17. The van der Waals surface area contributed by atoms with E-state index in [1.807, 2.05) is 32.9 Å². The highest BCUT2D eigenvalue weighted by Crippen LogP contribution is 2.27. The zero-order valence-electron chi connectivity index (χ0n) is 17.3. The Morgan fingerprint density at radius 1 is 0.964 bits per heavy atom. The third-order valence-corrected chi connectivity index (χ3v) is 5.14. The van der Waals surface area contributed by atoms with Crippen LogP contribution in [0.4, 0.5) is 0 Å². The molecule has 0 aliphatic carbocycles. The lowest BCUT2D eigenvalue weighted by Gasteiger charge is -2.33. The van der Waals surface area contributed by atoms with E-state index in [1.54, 1.807) is 0 Å². The van der Waals surface area contributed by atoms with Crippen LogP contribution in [0.5, 0.6) is 0 Å². The molecule has 0 amide bonds. The van der Waals surface area contributed by atoms with Crippen molar-refractivity contribution in [1.82, 2.24) is 5.32 Å². The fourth-order valence-electron chi connectivity index (χ4n) is 3.17. The van der Waals surface area contributed by atoms with Crippen LogP contribution in [0.15, 0.2) is 60.7 Å². The maximum Gasteiger partial charge on any atom is 0.313 e. The second kappa shape index (κ2) is 10.2. The van der Waals surface area contributed by atoms with Gasteiger partial charge in [-0.2, -0.15) is 0 Å². The molecular formula is C24H31NO3.